The Hall–Kier alpha value is -4.78. The molecule has 1 aliphatic carbocycles. The number of likely N-dealkylation sites (N-methyl/N-ethyl adjacent to an activating group) is 1. The quantitative estimate of drug-likeness (QED) is 0.0683. The molecule has 3 aliphatic heterocycles. The third-order valence-electron chi connectivity index (χ3n) is 14.5. The summed E-state index contributed by atoms with van der Waals surface area (Å²) in [7, 11) is -0.948. The molecule has 0 aromatic heterocycles. The first kappa shape index (κ1) is 73.7. The van der Waals surface area contributed by atoms with Crippen molar-refractivity contribution in [2.24, 2.45) is 0 Å². The third-order valence-corrected chi connectivity index (χ3v) is 19.0. The molecular formula is C58H105N7O20Si. The van der Waals surface area contributed by atoms with E-state index in [9.17, 15) is 49.2 Å². The lowest BCUT2D eigenvalue weighted by Crippen LogP contribution is -2.71. The Morgan fingerprint density at radius 1 is 0.709 bits per heavy atom. The molecule has 0 aromatic carbocycles. The predicted octanol–water partition coefficient (Wildman–Crippen LogP) is 5.00. The second-order valence-corrected chi connectivity index (χ2v) is 34.3. The molecule has 27 nitrogen and oxygen atoms in total. The van der Waals surface area contributed by atoms with Gasteiger partial charge in [-0.05, 0) is 154 Å². The molecular weight excluding hydrogens is 1140 g/mol. The lowest BCUT2D eigenvalue weighted by Gasteiger charge is -2.50. The number of carbonyl (C=O) groups excluding carboxylic acids is 6. The van der Waals surface area contributed by atoms with E-state index in [0.29, 0.717) is 18.7 Å². The first-order valence-electron chi connectivity index (χ1n) is 29.6. The largest absolute Gasteiger partial charge is 0.466 e. The number of carbonyl (C=O) groups is 6. The smallest absolute Gasteiger partial charge is 0.410 e. The molecule has 3 fully saturated rings. The summed E-state index contributed by atoms with van der Waals surface area (Å²) in [6, 6.07) is -5.59. The fourth-order valence-corrected chi connectivity index (χ4v) is 11.1. The van der Waals surface area contributed by atoms with E-state index in [2.05, 4.69) is 60.4 Å². The van der Waals surface area contributed by atoms with E-state index < -0.39 is 159 Å². The number of aliphatic hydroxyl groups excluding tert-OH is 3. The number of aliphatic hydroxyl groups is 4. The molecule has 1 saturated carbocycles. The van der Waals surface area contributed by atoms with Gasteiger partial charge in [-0.15, -0.1) is 0 Å². The van der Waals surface area contributed by atoms with Crippen LogP contribution in [0.5, 0.6) is 0 Å². The molecule has 86 heavy (non-hydrogen) atoms. The van der Waals surface area contributed by atoms with Gasteiger partial charge in [0.2, 0.25) is 6.29 Å². The number of rotatable bonds is 17. The van der Waals surface area contributed by atoms with Crippen molar-refractivity contribution in [3.05, 3.63) is 11.8 Å². The van der Waals surface area contributed by atoms with Gasteiger partial charge in [0.1, 0.15) is 69.9 Å². The van der Waals surface area contributed by atoms with Crippen LogP contribution >= 0.6 is 0 Å². The van der Waals surface area contributed by atoms with Crippen LogP contribution in [0.25, 0.3) is 0 Å². The molecule has 14 atom stereocenters. The highest BCUT2D eigenvalue weighted by Crippen LogP contribution is 2.40. The highest BCUT2D eigenvalue weighted by atomic mass is 28.4. The van der Waals surface area contributed by atoms with Crippen LogP contribution in [-0.4, -0.2) is 228 Å². The van der Waals surface area contributed by atoms with Gasteiger partial charge in [0, 0.05) is 20.1 Å². The van der Waals surface area contributed by atoms with Crippen molar-refractivity contribution in [1.29, 1.82) is 0 Å². The second-order valence-electron chi connectivity index (χ2n) is 29.6. The average Bonchev–Trinajstić information content (AvgIpc) is 0.993. The van der Waals surface area contributed by atoms with Gasteiger partial charge in [0.15, 0.2) is 14.6 Å². The molecule has 0 bridgehead atoms. The number of likely N-dealkylation sites (tertiary alicyclic amines) is 1. The summed E-state index contributed by atoms with van der Waals surface area (Å²) in [6.07, 6.45) is -14.8. The lowest BCUT2D eigenvalue weighted by atomic mass is 9.82. The second kappa shape index (κ2) is 28.4. The first-order valence-corrected chi connectivity index (χ1v) is 32.5. The highest BCUT2D eigenvalue weighted by Gasteiger charge is 2.55. The fourth-order valence-electron chi connectivity index (χ4n) is 9.76. The Kier molecular flexibility index (Phi) is 24.3. The Morgan fingerprint density at radius 2 is 1.21 bits per heavy atom. The molecule has 496 valence electrons. The summed E-state index contributed by atoms with van der Waals surface area (Å²) in [6.45, 7) is 36.7. The Balaban J connectivity index is 1.77. The number of nitrogens with zero attached hydrogens (tertiary/aromatic N) is 2. The van der Waals surface area contributed by atoms with E-state index in [1.54, 1.807) is 115 Å². The summed E-state index contributed by atoms with van der Waals surface area (Å²) in [5, 5.41) is 61.6. The van der Waals surface area contributed by atoms with Gasteiger partial charge >= 0.3 is 30.5 Å². The van der Waals surface area contributed by atoms with Crippen molar-refractivity contribution in [2.45, 2.75) is 282 Å². The number of hydrogen-bond donors (Lipinski definition) is 9. The lowest BCUT2D eigenvalue weighted by molar-refractivity contribution is -0.311. The number of hydrogen-bond acceptors (Lipinski definition) is 21. The number of alkyl carbamates (subject to hydrolysis) is 3. The molecule has 3 heterocycles. The van der Waals surface area contributed by atoms with Crippen LogP contribution in [0.2, 0.25) is 18.1 Å². The zero-order chi connectivity index (χ0) is 65.7. The Labute approximate surface area is 509 Å². The van der Waals surface area contributed by atoms with Crippen LogP contribution in [0, 0.1) is 0 Å². The van der Waals surface area contributed by atoms with E-state index in [1.807, 2.05) is 0 Å². The summed E-state index contributed by atoms with van der Waals surface area (Å²) in [5.41, 5.74) is -6.54. The zero-order valence-corrected chi connectivity index (χ0v) is 56.0. The normalized spacial score (nSPS) is 29.0. The average molecular weight is 1250 g/mol. The minimum absolute atomic E-state index is 0.0722. The van der Waals surface area contributed by atoms with Crippen molar-refractivity contribution in [1.82, 2.24) is 36.4 Å². The van der Waals surface area contributed by atoms with Crippen molar-refractivity contribution >= 4 is 44.7 Å². The molecule has 0 aromatic rings. The maximum absolute atomic E-state index is 14.0. The molecule has 0 unspecified atom stereocenters. The van der Waals surface area contributed by atoms with Crippen molar-refractivity contribution in [3.63, 3.8) is 0 Å². The maximum Gasteiger partial charge on any atom is 0.410 e. The van der Waals surface area contributed by atoms with Crippen molar-refractivity contribution < 1.29 is 96.3 Å². The third kappa shape index (κ3) is 22.7. The Morgan fingerprint density at radius 3 is 1.73 bits per heavy atom. The van der Waals surface area contributed by atoms with Crippen LogP contribution < -0.4 is 26.6 Å². The standard InChI is InChI=1S/C58H105N7O20Si/c1-52(2,3)80-47(70)60-29-38(66)44(69)61-36-26-37(63-49(72)82-54(7,8)9)42(39(67)41(36)79-46-40(68)43(58(19,75)31-76-46)64(20)50(73)83-55(10,11)12)78-45-35(62-48(71)81-53(4,5)6)24-23-33(77-45)28-59-27-32-25-34(85-86(21,22)57(16,17)18)30-65(32)51(74)84-56(13,14)15/h23,32,34-43,45-46,59,66-68,75H,24-31H2,1-22H3,(H,60,70)(H,61,69)(H,62,71)(H,63,72)/t32-,34+,35-,36-,37+,38+,39-,40-,41+,42-,43-,45-,46-,58+/m1/s1. The van der Waals surface area contributed by atoms with Crippen molar-refractivity contribution in [2.75, 3.05) is 39.8 Å². The van der Waals surface area contributed by atoms with Gasteiger partial charge in [0.25, 0.3) is 5.91 Å². The summed E-state index contributed by atoms with van der Waals surface area (Å²) in [5.74, 6) is -0.754. The summed E-state index contributed by atoms with van der Waals surface area (Å²) < 4.78 is 60.5. The summed E-state index contributed by atoms with van der Waals surface area (Å²) >= 11 is 0. The Bertz CT molecular complexity index is 2350. The SMILES string of the molecule is CN(C(=O)OC(C)(C)C)[C@@H]1[C@@H](O)[C@@H](O[C@@H]2[C@@H](O)[C@H](O[C@H]3OC(CNC[C@H]4C[C@H](O[Si](C)(C)C(C)(C)C)CN4C(=O)OC(C)(C)C)=CC[C@H]3NC(=O)OC(C)(C)C)[C@@H](NC(=O)OC(C)(C)C)C[C@H]2NC(=O)[C@@H](O)CNC(=O)OC(C)(C)C)OC[C@]1(C)O. The van der Waals surface area contributed by atoms with Gasteiger partial charge in [-0.3, -0.25) is 4.79 Å². The fraction of sp³-hybridized carbons (Fsp3) is 0.862. The number of ether oxygens (including phenoxy) is 9. The molecule has 0 spiro atoms. The topological polar surface area (TPSA) is 342 Å². The molecule has 4 rings (SSSR count). The van der Waals surface area contributed by atoms with E-state index in [1.165, 1.54) is 14.0 Å². The molecule has 9 N–H and O–H groups in total. The van der Waals surface area contributed by atoms with Gasteiger partial charge < -0.3 is 104 Å². The van der Waals surface area contributed by atoms with E-state index in [-0.39, 0.29) is 43.1 Å². The number of nitrogens with one attached hydrogen (secondary N) is 5. The minimum Gasteiger partial charge on any atom is -0.466 e. The zero-order valence-electron chi connectivity index (χ0n) is 55.0. The van der Waals surface area contributed by atoms with E-state index in [4.69, 9.17) is 47.1 Å². The highest BCUT2D eigenvalue weighted by molar-refractivity contribution is 6.74. The van der Waals surface area contributed by atoms with Gasteiger partial charge in [-0.25, -0.2) is 24.0 Å². The molecule has 0 radical (unpaired) electrons. The summed E-state index contributed by atoms with van der Waals surface area (Å²) in [4.78, 5) is 83.8. The first-order chi connectivity index (χ1) is 38.9. The number of amides is 6. The monoisotopic (exact) mass is 1250 g/mol. The van der Waals surface area contributed by atoms with Crippen LogP contribution in [0.15, 0.2) is 11.8 Å². The van der Waals surface area contributed by atoms with Gasteiger partial charge in [-0.1, -0.05) is 20.8 Å². The molecule has 28 heteroatoms. The van der Waals surface area contributed by atoms with Gasteiger partial charge in [0.05, 0.1) is 56.0 Å². The van der Waals surface area contributed by atoms with E-state index in [0.717, 1.165) is 4.90 Å². The van der Waals surface area contributed by atoms with Crippen LogP contribution in [0.4, 0.5) is 24.0 Å². The maximum atomic E-state index is 14.0. The van der Waals surface area contributed by atoms with Crippen LogP contribution in [0.3, 0.4) is 0 Å². The molecule has 4 aliphatic rings. The minimum atomic E-state index is -2.25. The van der Waals surface area contributed by atoms with Crippen molar-refractivity contribution in [3.8, 4) is 0 Å². The van der Waals surface area contributed by atoms with Crippen LogP contribution in [0.1, 0.15) is 151 Å². The molecule has 2 saturated heterocycles. The molecule has 6 amide bonds. The van der Waals surface area contributed by atoms with E-state index >= 15 is 0 Å². The van der Waals surface area contributed by atoms with Crippen LogP contribution in [-0.2, 0) is 51.9 Å². The van der Waals surface area contributed by atoms with Gasteiger partial charge in [-0.2, -0.15) is 0 Å². The predicted molar refractivity (Wildman–Crippen MR) is 317 cm³/mol.